The fourth-order valence-corrected chi connectivity index (χ4v) is 3.11. The molecule has 0 spiro atoms. The quantitative estimate of drug-likeness (QED) is 0.927. The molecule has 132 valence electrons. The summed E-state index contributed by atoms with van der Waals surface area (Å²) in [5.41, 5.74) is 1.21. The molecule has 1 N–H and O–H groups in total. The van der Waals surface area contributed by atoms with Crippen LogP contribution in [0.5, 0.6) is 5.75 Å². The summed E-state index contributed by atoms with van der Waals surface area (Å²) >= 11 is 0. The molecule has 1 aliphatic rings. The van der Waals surface area contributed by atoms with Gasteiger partial charge in [0, 0.05) is 31.7 Å². The van der Waals surface area contributed by atoms with Crippen molar-refractivity contribution in [3.8, 4) is 5.75 Å². The van der Waals surface area contributed by atoms with E-state index in [0.29, 0.717) is 43.1 Å². The molecule has 0 bridgehead atoms. The first-order valence-corrected chi connectivity index (χ1v) is 8.36. The van der Waals surface area contributed by atoms with Crippen molar-refractivity contribution >= 4 is 11.8 Å². The van der Waals surface area contributed by atoms with Crippen molar-refractivity contribution < 1.29 is 19.1 Å². The molecule has 2 heterocycles. The molecule has 0 atom stereocenters. The molecule has 3 rings (SSSR count). The molecule has 25 heavy (non-hydrogen) atoms. The third kappa shape index (κ3) is 3.68. The van der Waals surface area contributed by atoms with Gasteiger partial charge < -0.3 is 19.3 Å². The van der Waals surface area contributed by atoms with E-state index in [1.165, 1.54) is 0 Å². The Morgan fingerprint density at radius 3 is 2.32 bits per heavy atom. The Labute approximate surface area is 146 Å². The van der Waals surface area contributed by atoms with Gasteiger partial charge in [0.15, 0.2) is 0 Å². The van der Waals surface area contributed by atoms with Gasteiger partial charge in [0.05, 0.1) is 12.0 Å². The Morgan fingerprint density at radius 2 is 1.72 bits per heavy atom. The summed E-state index contributed by atoms with van der Waals surface area (Å²) in [5, 5.41) is 9.79. The first kappa shape index (κ1) is 17.1. The molecule has 6 nitrogen and oxygen atoms in total. The number of rotatable bonds is 3. The van der Waals surface area contributed by atoms with Crippen molar-refractivity contribution in [3.63, 3.8) is 0 Å². The van der Waals surface area contributed by atoms with Crippen LogP contribution in [-0.4, -0.2) is 52.9 Å². The van der Waals surface area contributed by atoms with Crippen molar-refractivity contribution in [2.45, 2.75) is 20.3 Å². The van der Waals surface area contributed by atoms with Crippen LogP contribution in [0.4, 0.5) is 0 Å². The topological polar surface area (TPSA) is 74.0 Å². The van der Waals surface area contributed by atoms with Crippen molar-refractivity contribution in [1.82, 2.24) is 9.80 Å². The van der Waals surface area contributed by atoms with Crippen molar-refractivity contribution in [2.75, 3.05) is 26.2 Å². The van der Waals surface area contributed by atoms with Crippen LogP contribution >= 0.6 is 0 Å². The Balaban J connectivity index is 1.58. The van der Waals surface area contributed by atoms with Crippen LogP contribution in [0.2, 0.25) is 0 Å². The Bertz CT molecular complexity index is 788. The molecule has 6 heteroatoms. The highest BCUT2D eigenvalue weighted by Crippen LogP contribution is 2.19. The highest BCUT2D eigenvalue weighted by atomic mass is 16.3. The number of nitrogens with zero attached hydrogens (tertiary/aromatic N) is 2. The van der Waals surface area contributed by atoms with Gasteiger partial charge in [-0.2, -0.15) is 0 Å². The summed E-state index contributed by atoms with van der Waals surface area (Å²) in [5.74, 6) is 1.39. The van der Waals surface area contributed by atoms with Crippen LogP contribution in [0.1, 0.15) is 27.4 Å². The van der Waals surface area contributed by atoms with Crippen LogP contribution in [0.15, 0.2) is 34.7 Å². The molecule has 1 aliphatic heterocycles. The van der Waals surface area contributed by atoms with Crippen LogP contribution < -0.4 is 0 Å². The molecule has 1 fully saturated rings. The number of phenols is 1. The lowest BCUT2D eigenvalue weighted by atomic mass is 10.1. The van der Waals surface area contributed by atoms with E-state index >= 15 is 0 Å². The van der Waals surface area contributed by atoms with E-state index in [9.17, 15) is 14.7 Å². The molecular weight excluding hydrogens is 320 g/mol. The lowest BCUT2D eigenvalue weighted by Crippen LogP contribution is -2.51. The third-order valence-corrected chi connectivity index (χ3v) is 4.52. The number of para-hydroxylation sites is 1. The average Bonchev–Trinajstić information content (AvgIpc) is 2.94. The fraction of sp³-hybridized carbons (Fsp3) is 0.368. The zero-order chi connectivity index (χ0) is 18.0. The van der Waals surface area contributed by atoms with Crippen LogP contribution in [0.25, 0.3) is 0 Å². The van der Waals surface area contributed by atoms with E-state index in [2.05, 4.69) is 0 Å². The first-order chi connectivity index (χ1) is 12.0. The van der Waals surface area contributed by atoms with E-state index in [4.69, 9.17) is 4.42 Å². The number of piperazine rings is 1. The SMILES string of the molecule is Cc1cc(C(=O)N2CCN(C(=O)Cc3ccccc3O)CC2)c(C)o1. The van der Waals surface area contributed by atoms with Gasteiger partial charge in [0.2, 0.25) is 5.91 Å². The van der Waals surface area contributed by atoms with Gasteiger partial charge in [-0.1, -0.05) is 18.2 Å². The second-order valence-electron chi connectivity index (χ2n) is 6.31. The van der Waals surface area contributed by atoms with Gasteiger partial charge in [0.1, 0.15) is 17.3 Å². The Kier molecular flexibility index (Phi) is 4.79. The largest absolute Gasteiger partial charge is 0.508 e. The van der Waals surface area contributed by atoms with Crippen molar-refractivity contribution in [3.05, 3.63) is 53.0 Å². The summed E-state index contributed by atoms with van der Waals surface area (Å²) in [4.78, 5) is 28.5. The predicted molar refractivity (Wildman–Crippen MR) is 92.5 cm³/mol. The summed E-state index contributed by atoms with van der Waals surface area (Å²) in [6, 6.07) is 8.61. The molecule has 1 aromatic carbocycles. The van der Waals surface area contributed by atoms with Gasteiger partial charge in [-0.3, -0.25) is 9.59 Å². The molecular formula is C19H22N2O4. The highest BCUT2D eigenvalue weighted by molar-refractivity contribution is 5.95. The van der Waals surface area contributed by atoms with Gasteiger partial charge >= 0.3 is 0 Å². The fourth-order valence-electron chi connectivity index (χ4n) is 3.11. The zero-order valence-corrected chi connectivity index (χ0v) is 14.5. The second-order valence-corrected chi connectivity index (χ2v) is 6.31. The lowest BCUT2D eigenvalue weighted by molar-refractivity contribution is -0.131. The van der Waals surface area contributed by atoms with Crippen molar-refractivity contribution in [1.29, 1.82) is 0 Å². The van der Waals surface area contributed by atoms with Gasteiger partial charge in [-0.15, -0.1) is 0 Å². The van der Waals surface area contributed by atoms with Gasteiger partial charge in [-0.25, -0.2) is 0 Å². The number of furan rings is 1. The van der Waals surface area contributed by atoms with E-state index in [0.717, 1.165) is 5.76 Å². The maximum Gasteiger partial charge on any atom is 0.257 e. The van der Waals surface area contributed by atoms with E-state index in [1.54, 1.807) is 47.1 Å². The number of carbonyl (C=O) groups excluding carboxylic acids is 2. The van der Waals surface area contributed by atoms with Crippen LogP contribution in [0, 0.1) is 13.8 Å². The normalized spacial score (nSPS) is 14.6. The number of phenolic OH excluding ortho intramolecular Hbond substituents is 1. The minimum absolute atomic E-state index is 0.0380. The number of carbonyl (C=O) groups is 2. The third-order valence-electron chi connectivity index (χ3n) is 4.52. The number of hydrogen-bond donors (Lipinski definition) is 1. The smallest absolute Gasteiger partial charge is 0.257 e. The minimum atomic E-state index is -0.0536. The van der Waals surface area contributed by atoms with Crippen molar-refractivity contribution in [2.24, 2.45) is 0 Å². The number of aromatic hydroxyl groups is 1. The number of benzene rings is 1. The maximum atomic E-state index is 12.6. The summed E-state index contributed by atoms with van der Waals surface area (Å²) < 4.78 is 5.43. The zero-order valence-electron chi connectivity index (χ0n) is 14.5. The summed E-state index contributed by atoms with van der Waals surface area (Å²) in [6.07, 6.45) is 0.167. The number of hydrogen-bond acceptors (Lipinski definition) is 4. The van der Waals surface area contributed by atoms with Crippen LogP contribution in [0.3, 0.4) is 0 Å². The van der Waals surface area contributed by atoms with Gasteiger partial charge in [-0.05, 0) is 26.0 Å². The molecule has 1 saturated heterocycles. The minimum Gasteiger partial charge on any atom is -0.508 e. The molecule has 0 aliphatic carbocycles. The molecule has 2 aromatic rings. The highest BCUT2D eigenvalue weighted by Gasteiger charge is 2.27. The van der Waals surface area contributed by atoms with E-state index in [-0.39, 0.29) is 24.0 Å². The predicted octanol–water partition coefficient (Wildman–Crippen LogP) is 2.13. The maximum absolute atomic E-state index is 12.6. The molecule has 0 unspecified atom stereocenters. The number of amides is 2. The summed E-state index contributed by atoms with van der Waals surface area (Å²) in [6.45, 7) is 5.58. The standard InChI is InChI=1S/C19H22N2O4/c1-13-11-16(14(2)25-13)19(24)21-9-7-20(8-10-21)18(23)12-15-5-3-4-6-17(15)22/h3-6,11,22H,7-10,12H2,1-2H3. The molecule has 2 amide bonds. The molecule has 0 radical (unpaired) electrons. The average molecular weight is 342 g/mol. The summed E-state index contributed by atoms with van der Waals surface area (Å²) in [7, 11) is 0. The second kappa shape index (κ2) is 7.01. The van der Waals surface area contributed by atoms with Gasteiger partial charge in [0.25, 0.3) is 5.91 Å². The monoisotopic (exact) mass is 342 g/mol. The Hall–Kier alpha value is -2.76. The Morgan fingerprint density at radius 1 is 1.08 bits per heavy atom. The molecule has 0 saturated carbocycles. The van der Waals surface area contributed by atoms with E-state index < -0.39 is 0 Å². The molecule has 1 aromatic heterocycles. The lowest BCUT2D eigenvalue weighted by Gasteiger charge is -2.34. The van der Waals surface area contributed by atoms with E-state index in [1.807, 2.05) is 6.92 Å². The van der Waals surface area contributed by atoms with Crippen LogP contribution in [-0.2, 0) is 11.2 Å². The first-order valence-electron chi connectivity index (χ1n) is 8.36. The number of aryl methyl sites for hydroxylation is 2.